The van der Waals surface area contributed by atoms with Gasteiger partial charge in [-0.25, -0.2) is 35.1 Å². The number of benzene rings is 8. The highest BCUT2D eigenvalue weighted by Crippen LogP contribution is 2.47. The van der Waals surface area contributed by atoms with Gasteiger partial charge in [-0.15, -0.1) is 0 Å². The minimum absolute atomic E-state index is 0.238. The van der Waals surface area contributed by atoms with Gasteiger partial charge < -0.3 is 0 Å². The second kappa shape index (κ2) is 15.0. The molecule has 0 saturated heterocycles. The lowest BCUT2D eigenvalue weighted by atomic mass is 9.64. The van der Waals surface area contributed by atoms with Crippen molar-refractivity contribution < 1.29 is 35.1 Å². The zero-order valence-electron chi connectivity index (χ0n) is 29.7. The molecule has 0 fully saturated rings. The van der Waals surface area contributed by atoms with Crippen LogP contribution in [0.3, 0.4) is 0 Å². The Bertz CT molecular complexity index is 2270. The topological polar surface area (TPSA) is 0 Å². The average molecular weight is 769 g/mol. The van der Waals surface area contributed by atoms with E-state index < -0.39 is 52.0 Å². The van der Waals surface area contributed by atoms with E-state index in [9.17, 15) is 35.1 Å². The molecule has 0 N–H and O–H groups in total. The summed E-state index contributed by atoms with van der Waals surface area (Å²) in [6.45, 7) is 0. The molecule has 0 radical (unpaired) electrons. The minimum Gasteiger partial charge on any atom is -0.206 e. The van der Waals surface area contributed by atoms with Gasteiger partial charge in [0, 0.05) is 0 Å². The Morgan fingerprint density at radius 3 is 0.526 bits per heavy atom. The molecule has 8 aromatic rings. The third-order valence-corrected chi connectivity index (χ3v) is 10.3. The first-order valence-corrected chi connectivity index (χ1v) is 17.8. The van der Waals surface area contributed by atoms with Gasteiger partial charge in [-0.3, -0.25) is 0 Å². The highest BCUT2D eigenvalue weighted by atomic mass is 19.2. The summed E-state index contributed by atoms with van der Waals surface area (Å²) in [5.74, 6) is -6.13. The highest BCUT2D eigenvalue weighted by Gasteiger charge is 2.39. The molecule has 280 valence electrons. The van der Waals surface area contributed by atoms with E-state index >= 15 is 0 Å². The molecule has 8 rings (SSSR count). The molecule has 0 aromatic heterocycles. The first-order chi connectivity index (χ1) is 27.6. The van der Waals surface area contributed by atoms with Crippen molar-refractivity contribution in [3.05, 3.63) is 239 Å². The Morgan fingerprint density at radius 2 is 0.368 bits per heavy atom. The molecule has 0 aliphatic carbocycles. The fourth-order valence-corrected chi connectivity index (χ4v) is 7.64. The number of rotatable bonds is 8. The van der Waals surface area contributed by atoms with Gasteiger partial charge in [0.2, 0.25) is 0 Å². The van der Waals surface area contributed by atoms with Gasteiger partial charge in [-0.1, -0.05) is 121 Å². The molecule has 8 heteroatoms. The third-order valence-electron chi connectivity index (χ3n) is 10.3. The largest absolute Gasteiger partial charge is 0.206 e. The van der Waals surface area contributed by atoms with Gasteiger partial charge in [0.15, 0.2) is 0 Å². The Hall–Kier alpha value is -6.80. The predicted molar refractivity (Wildman–Crippen MR) is 206 cm³/mol. The molecule has 0 heterocycles. The summed E-state index contributed by atoms with van der Waals surface area (Å²) >= 11 is 0. The van der Waals surface area contributed by atoms with E-state index in [1.165, 1.54) is 24.3 Å². The van der Waals surface area contributed by atoms with E-state index in [1.54, 1.807) is 97.1 Å². The van der Waals surface area contributed by atoms with Crippen LogP contribution >= 0.6 is 0 Å². The van der Waals surface area contributed by atoms with Gasteiger partial charge in [-0.2, -0.15) is 0 Å². The van der Waals surface area contributed by atoms with Gasteiger partial charge in [0.25, 0.3) is 0 Å². The zero-order chi connectivity index (χ0) is 39.8. The van der Waals surface area contributed by atoms with Crippen LogP contribution in [0.15, 0.2) is 170 Å². The Labute approximate surface area is 323 Å². The normalized spacial score (nSPS) is 11.5. The van der Waals surface area contributed by atoms with Gasteiger partial charge in [-0.05, 0) is 93.0 Å². The molecular formula is C49H28F8. The molecule has 57 heavy (non-hydrogen) atoms. The summed E-state index contributed by atoms with van der Waals surface area (Å²) in [5.41, 5.74) is 0.822. The molecule has 0 spiro atoms. The minimum atomic E-state index is -1.36. The maximum atomic E-state index is 15.0. The summed E-state index contributed by atoms with van der Waals surface area (Å²) in [6, 6.07) is 40.1. The van der Waals surface area contributed by atoms with Crippen molar-refractivity contribution in [2.24, 2.45) is 0 Å². The van der Waals surface area contributed by atoms with Crippen molar-refractivity contribution >= 4 is 0 Å². The van der Waals surface area contributed by atoms with Crippen molar-refractivity contribution in [2.45, 2.75) is 5.41 Å². The van der Waals surface area contributed by atoms with Crippen LogP contribution in [0.5, 0.6) is 0 Å². The molecule has 0 atom stereocenters. The van der Waals surface area contributed by atoms with E-state index in [4.69, 9.17) is 0 Å². The highest BCUT2D eigenvalue weighted by molar-refractivity contribution is 5.73. The standard InChI is InChI=1S/C49H28F8/c50-37-5-1-6-38(51)45(37)29-13-21-33(22-14-29)49(34-23-15-30(16-24-34)46-39(52)7-2-8-40(46)53,35-25-17-31(18-26-35)47-41(54)9-3-10-42(47)55)36-27-19-32(20-28-36)48-43(56)11-4-12-44(48)57/h1-28H. The summed E-state index contributed by atoms with van der Waals surface area (Å²) < 4.78 is 120. The van der Waals surface area contributed by atoms with Crippen molar-refractivity contribution in [2.75, 3.05) is 0 Å². The van der Waals surface area contributed by atoms with Crippen LogP contribution in [0.25, 0.3) is 44.5 Å². The summed E-state index contributed by atoms with van der Waals surface area (Å²) in [7, 11) is 0. The van der Waals surface area contributed by atoms with Crippen LogP contribution in [0.4, 0.5) is 35.1 Å². The maximum absolute atomic E-state index is 15.0. The lowest BCUT2D eigenvalue weighted by Crippen LogP contribution is -2.31. The second-order valence-corrected chi connectivity index (χ2v) is 13.4. The molecular weight excluding hydrogens is 741 g/mol. The quantitative estimate of drug-likeness (QED) is 0.107. The van der Waals surface area contributed by atoms with E-state index in [-0.39, 0.29) is 44.5 Å². The van der Waals surface area contributed by atoms with Crippen molar-refractivity contribution in [1.82, 2.24) is 0 Å². The van der Waals surface area contributed by atoms with Crippen LogP contribution in [0.1, 0.15) is 22.3 Å². The van der Waals surface area contributed by atoms with Crippen LogP contribution in [0.2, 0.25) is 0 Å². The fourth-order valence-electron chi connectivity index (χ4n) is 7.64. The molecule has 0 aliphatic heterocycles. The summed E-state index contributed by atoms with van der Waals surface area (Å²) in [6.07, 6.45) is 0. The van der Waals surface area contributed by atoms with E-state index in [0.717, 1.165) is 48.5 Å². The second-order valence-electron chi connectivity index (χ2n) is 13.4. The molecule has 0 nitrogen and oxygen atoms in total. The molecule has 0 bridgehead atoms. The average Bonchev–Trinajstić information content (AvgIpc) is 3.20. The van der Waals surface area contributed by atoms with Crippen molar-refractivity contribution in [3.63, 3.8) is 0 Å². The predicted octanol–water partition coefficient (Wildman–Crippen LogP) is 13.9. The maximum Gasteiger partial charge on any atom is 0.133 e. The van der Waals surface area contributed by atoms with E-state index in [2.05, 4.69) is 0 Å². The molecule has 0 amide bonds. The number of hydrogen-bond donors (Lipinski definition) is 0. The Balaban J connectivity index is 1.39. The number of halogens is 8. The van der Waals surface area contributed by atoms with Crippen LogP contribution in [-0.2, 0) is 5.41 Å². The summed E-state index contributed by atoms with van der Waals surface area (Å²) in [5, 5.41) is 0. The Kier molecular flexibility index (Phi) is 9.79. The first-order valence-electron chi connectivity index (χ1n) is 17.8. The smallest absolute Gasteiger partial charge is 0.133 e. The van der Waals surface area contributed by atoms with Crippen molar-refractivity contribution in [3.8, 4) is 44.5 Å². The lowest BCUT2D eigenvalue weighted by Gasteiger charge is -2.37. The fraction of sp³-hybridized carbons (Fsp3) is 0.0204. The van der Waals surface area contributed by atoms with Gasteiger partial charge in [0.05, 0.1) is 27.7 Å². The van der Waals surface area contributed by atoms with Crippen LogP contribution < -0.4 is 0 Å². The molecule has 0 unspecified atom stereocenters. The lowest BCUT2D eigenvalue weighted by molar-refractivity contribution is 0.589. The molecule has 0 saturated carbocycles. The molecule has 0 aliphatic rings. The van der Waals surface area contributed by atoms with Crippen molar-refractivity contribution in [1.29, 1.82) is 0 Å². The van der Waals surface area contributed by atoms with Crippen LogP contribution in [-0.4, -0.2) is 0 Å². The molecule has 8 aromatic carbocycles. The van der Waals surface area contributed by atoms with E-state index in [1.807, 2.05) is 0 Å². The van der Waals surface area contributed by atoms with E-state index in [0.29, 0.717) is 22.3 Å². The number of hydrogen-bond acceptors (Lipinski definition) is 0. The Morgan fingerprint density at radius 1 is 0.211 bits per heavy atom. The van der Waals surface area contributed by atoms with Gasteiger partial charge in [0.1, 0.15) is 46.5 Å². The van der Waals surface area contributed by atoms with Gasteiger partial charge >= 0.3 is 0 Å². The first kappa shape index (κ1) is 37.1. The van der Waals surface area contributed by atoms with Crippen LogP contribution in [0, 0.1) is 46.5 Å². The SMILES string of the molecule is Fc1cccc(F)c1-c1ccc(C(c2ccc(-c3c(F)cccc3F)cc2)(c2ccc(-c3c(F)cccc3F)cc2)c2ccc(-c3c(F)cccc3F)cc2)cc1. The zero-order valence-corrected chi connectivity index (χ0v) is 29.7. The third kappa shape index (κ3) is 6.57. The monoisotopic (exact) mass is 768 g/mol. The summed E-state index contributed by atoms with van der Waals surface area (Å²) in [4.78, 5) is 0.